The smallest absolute Gasteiger partial charge is 0.0960 e. The van der Waals surface area contributed by atoms with E-state index in [0.717, 1.165) is 12.0 Å². The average molecular weight is 166 g/mol. The molecule has 1 heterocycles. The molecule has 1 aromatic rings. The Labute approximate surface area is 72.2 Å². The zero-order valence-corrected chi connectivity index (χ0v) is 7.45. The molecule has 66 valence electrons. The van der Waals surface area contributed by atoms with Crippen LogP contribution in [0.5, 0.6) is 0 Å². The van der Waals surface area contributed by atoms with Crippen molar-refractivity contribution in [3.8, 4) is 0 Å². The summed E-state index contributed by atoms with van der Waals surface area (Å²) in [5.74, 6) is 0.412. The standard InChI is InChI=1S/C10H14O2/c1-10(2)5-8(10)9(11)7-3-4-12-6-7/h3-4,6,8-9,11H,5H2,1-2H3. The number of hydrogen-bond acceptors (Lipinski definition) is 2. The van der Waals surface area contributed by atoms with Gasteiger partial charge in [0.1, 0.15) is 0 Å². The van der Waals surface area contributed by atoms with Crippen LogP contribution in [-0.4, -0.2) is 5.11 Å². The maximum Gasteiger partial charge on any atom is 0.0960 e. The van der Waals surface area contributed by atoms with Crippen LogP contribution in [0.25, 0.3) is 0 Å². The molecule has 1 aliphatic rings. The molecule has 0 bridgehead atoms. The number of aliphatic hydroxyl groups excluding tert-OH is 1. The minimum absolute atomic E-state index is 0.316. The van der Waals surface area contributed by atoms with E-state index < -0.39 is 0 Å². The van der Waals surface area contributed by atoms with Gasteiger partial charge in [-0.05, 0) is 23.8 Å². The SMILES string of the molecule is CC1(C)CC1C(O)c1ccoc1. The molecule has 12 heavy (non-hydrogen) atoms. The van der Waals surface area contributed by atoms with Gasteiger partial charge in [-0.15, -0.1) is 0 Å². The van der Waals surface area contributed by atoms with Crippen LogP contribution in [0.1, 0.15) is 31.9 Å². The monoisotopic (exact) mass is 166 g/mol. The van der Waals surface area contributed by atoms with Crippen molar-refractivity contribution in [3.63, 3.8) is 0 Å². The molecule has 2 atom stereocenters. The first-order valence-corrected chi connectivity index (χ1v) is 4.31. The van der Waals surface area contributed by atoms with Crippen LogP contribution in [-0.2, 0) is 0 Å². The molecule has 0 aliphatic heterocycles. The molecule has 2 rings (SSSR count). The van der Waals surface area contributed by atoms with Gasteiger partial charge >= 0.3 is 0 Å². The summed E-state index contributed by atoms with van der Waals surface area (Å²) in [4.78, 5) is 0. The van der Waals surface area contributed by atoms with E-state index in [4.69, 9.17) is 4.42 Å². The second kappa shape index (κ2) is 2.36. The quantitative estimate of drug-likeness (QED) is 0.731. The Balaban J connectivity index is 2.08. The third-order valence-electron chi connectivity index (χ3n) is 2.86. The van der Waals surface area contributed by atoms with Gasteiger partial charge in [0, 0.05) is 5.56 Å². The highest BCUT2D eigenvalue weighted by molar-refractivity contribution is 5.15. The molecular formula is C10H14O2. The maximum atomic E-state index is 9.82. The summed E-state index contributed by atoms with van der Waals surface area (Å²) < 4.78 is 4.92. The third-order valence-corrected chi connectivity index (χ3v) is 2.86. The Bertz CT molecular complexity index is 261. The minimum atomic E-state index is -0.334. The lowest BCUT2D eigenvalue weighted by Crippen LogP contribution is -2.03. The zero-order chi connectivity index (χ0) is 8.77. The first kappa shape index (κ1) is 7.87. The number of furan rings is 1. The predicted octanol–water partition coefficient (Wildman–Crippen LogP) is 2.36. The van der Waals surface area contributed by atoms with Crippen molar-refractivity contribution in [2.75, 3.05) is 0 Å². The van der Waals surface area contributed by atoms with Crippen molar-refractivity contribution in [1.29, 1.82) is 0 Å². The lowest BCUT2D eigenvalue weighted by Gasteiger charge is -2.09. The maximum absolute atomic E-state index is 9.82. The van der Waals surface area contributed by atoms with Crippen LogP contribution in [0.15, 0.2) is 23.0 Å². The zero-order valence-electron chi connectivity index (χ0n) is 7.45. The molecule has 0 spiro atoms. The molecule has 1 N–H and O–H groups in total. The van der Waals surface area contributed by atoms with E-state index in [2.05, 4.69) is 13.8 Å². The van der Waals surface area contributed by atoms with Crippen molar-refractivity contribution in [2.45, 2.75) is 26.4 Å². The van der Waals surface area contributed by atoms with Gasteiger partial charge in [0.25, 0.3) is 0 Å². The molecule has 0 amide bonds. The number of rotatable bonds is 2. The summed E-state index contributed by atoms with van der Waals surface area (Å²) in [6.07, 6.45) is 4.01. The lowest BCUT2D eigenvalue weighted by atomic mass is 10.0. The molecule has 0 radical (unpaired) electrons. The Morgan fingerprint density at radius 1 is 1.67 bits per heavy atom. The highest BCUT2D eigenvalue weighted by Gasteiger charge is 2.50. The van der Waals surface area contributed by atoms with E-state index in [9.17, 15) is 5.11 Å². The molecule has 2 unspecified atom stereocenters. The molecule has 0 aromatic carbocycles. The lowest BCUT2D eigenvalue weighted by molar-refractivity contribution is 0.137. The Morgan fingerprint density at radius 2 is 2.33 bits per heavy atom. The largest absolute Gasteiger partial charge is 0.472 e. The summed E-state index contributed by atoms with van der Waals surface area (Å²) >= 11 is 0. The average Bonchev–Trinajstić information content (AvgIpc) is 2.56. The normalized spacial score (nSPS) is 28.4. The van der Waals surface area contributed by atoms with Crippen LogP contribution >= 0.6 is 0 Å². The van der Waals surface area contributed by atoms with E-state index in [-0.39, 0.29) is 6.10 Å². The van der Waals surface area contributed by atoms with Gasteiger partial charge in [-0.3, -0.25) is 0 Å². The van der Waals surface area contributed by atoms with Gasteiger partial charge in [0.15, 0.2) is 0 Å². The summed E-state index contributed by atoms with van der Waals surface area (Å²) in [5, 5.41) is 9.82. The summed E-state index contributed by atoms with van der Waals surface area (Å²) in [6, 6.07) is 1.83. The van der Waals surface area contributed by atoms with Crippen LogP contribution in [0.4, 0.5) is 0 Å². The van der Waals surface area contributed by atoms with E-state index >= 15 is 0 Å². The molecule has 1 aliphatic carbocycles. The molecule has 0 saturated heterocycles. The fraction of sp³-hybridized carbons (Fsp3) is 0.600. The van der Waals surface area contributed by atoms with Gasteiger partial charge in [-0.2, -0.15) is 0 Å². The fourth-order valence-electron chi connectivity index (χ4n) is 1.72. The predicted molar refractivity (Wildman–Crippen MR) is 45.6 cm³/mol. The Hall–Kier alpha value is -0.760. The van der Waals surface area contributed by atoms with Crippen LogP contribution in [0, 0.1) is 11.3 Å². The molecular weight excluding hydrogens is 152 g/mol. The second-order valence-electron chi connectivity index (χ2n) is 4.30. The molecule has 1 fully saturated rings. The van der Waals surface area contributed by atoms with Gasteiger partial charge in [-0.1, -0.05) is 13.8 Å². The molecule has 2 nitrogen and oxygen atoms in total. The molecule has 2 heteroatoms. The minimum Gasteiger partial charge on any atom is -0.472 e. The van der Waals surface area contributed by atoms with E-state index in [0.29, 0.717) is 11.3 Å². The first-order chi connectivity index (χ1) is 5.61. The highest BCUT2D eigenvalue weighted by atomic mass is 16.3. The van der Waals surface area contributed by atoms with Crippen LogP contribution in [0.3, 0.4) is 0 Å². The topological polar surface area (TPSA) is 33.4 Å². The van der Waals surface area contributed by atoms with E-state index in [1.165, 1.54) is 0 Å². The van der Waals surface area contributed by atoms with Gasteiger partial charge in [-0.25, -0.2) is 0 Å². The Morgan fingerprint density at radius 3 is 2.75 bits per heavy atom. The Kier molecular flexibility index (Phi) is 1.55. The van der Waals surface area contributed by atoms with Gasteiger partial charge in [0.05, 0.1) is 18.6 Å². The van der Waals surface area contributed by atoms with Crippen molar-refractivity contribution in [1.82, 2.24) is 0 Å². The van der Waals surface area contributed by atoms with Crippen molar-refractivity contribution in [2.24, 2.45) is 11.3 Å². The van der Waals surface area contributed by atoms with Crippen molar-refractivity contribution in [3.05, 3.63) is 24.2 Å². The number of aliphatic hydroxyl groups is 1. The molecule has 1 aromatic heterocycles. The van der Waals surface area contributed by atoms with Gasteiger partial charge < -0.3 is 9.52 Å². The first-order valence-electron chi connectivity index (χ1n) is 4.31. The van der Waals surface area contributed by atoms with Gasteiger partial charge in [0.2, 0.25) is 0 Å². The fourth-order valence-corrected chi connectivity index (χ4v) is 1.72. The summed E-state index contributed by atoms with van der Waals surface area (Å²) in [5.41, 5.74) is 1.22. The van der Waals surface area contributed by atoms with Crippen molar-refractivity contribution >= 4 is 0 Å². The summed E-state index contributed by atoms with van der Waals surface area (Å²) in [6.45, 7) is 4.36. The van der Waals surface area contributed by atoms with Crippen molar-refractivity contribution < 1.29 is 9.52 Å². The third kappa shape index (κ3) is 1.16. The highest BCUT2D eigenvalue weighted by Crippen LogP contribution is 2.57. The number of hydrogen-bond donors (Lipinski definition) is 1. The van der Waals surface area contributed by atoms with Crippen LogP contribution < -0.4 is 0 Å². The second-order valence-corrected chi connectivity index (χ2v) is 4.30. The van der Waals surface area contributed by atoms with Crippen LogP contribution in [0.2, 0.25) is 0 Å². The van der Waals surface area contributed by atoms with E-state index in [1.807, 2.05) is 6.07 Å². The van der Waals surface area contributed by atoms with E-state index in [1.54, 1.807) is 12.5 Å². The summed E-state index contributed by atoms with van der Waals surface area (Å²) in [7, 11) is 0. The molecule has 1 saturated carbocycles.